The van der Waals surface area contributed by atoms with Crippen LogP contribution in [0.25, 0.3) is 0 Å². The summed E-state index contributed by atoms with van der Waals surface area (Å²) >= 11 is 0. The van der Waals surface area contributed by atoms with Crippen molar-refractivity contribution in [3.05, 3.63) is 81.8 Å². The maximum Gasteiger partial charge on any atom is 0.325 e. The molecule has 0 unspecified atom stereocenters. The van der Waals surface area contributed by atoms with Gasteiger partial charge in [-0.15, -0.1) is 0 Å². The molecule has 140 valence electrons. The molecule has 0 radical (unpaired) electrons. The molecule has 0 saturated heterocycles. The molecule has 27 heavy (non-hydrogen) atoms. The van der Waals surface area contributed by atoms with E-state index in [0.29, 0.717) is 16.8 Å². The van der Waals surface area contributed by atoms with Crippen LogP contribution >= 0.6 is 0 Å². The third-order valence-corrected chi connectivity index (χ3v) is 6.20. The molecule has 0 aliphatic rings. The summed E-state index contributed by atoms with van der Waals surface area (Å²) in [5.41, 5.74) is 0.852. The zero-order valence-electron chi connectivity index (χ0n) is 14.5. The quantitative estimate of drug-likeness (QED) is 0.673. The smallest absolute Gasteiger partial charge is 0.325 e. The lowest BCUT2D eigenvalue weighted by molar-refractivity contribution is -0.137. The van der Waals surface area contributed by atoms with Crippen molar-refractivity contribution < 1.29 is 18.3 Å². The van der Waals surface area contributed by atoms with Gasteiger partial charge in [0.05, 0.1) is 9.79 Å². The van der Waals surface area contributed by atoms with Crippen molar-refractivity contribution in [2.24, 2.45) is 0 Å². The van der Waals surface area contributed by atoms with Crippen molar-refractivity contribution in [2.75, 3.05) is 0 Å². The van der Waals surface area contributed by atoms with E-state index in [9.17, 15) is 18.0 Å². The Morgan fingerprint density at radius 3 is 2.37 bits per heavy atom. The van der Waals surface area contributed by atoms with Crippen molar-refractivity contribution in [1.82, 2.24) is 9.78 Å². The van der Waals surface area contributed by atoms with E-state index in [4.69, 9.17) is 5.11 Å². The van der Waals surface area contributed by atoms with E-state index in [0.717, 1.165) is 0 Å². The molecular weight excluding hydrogens is 368 g/mol. The first kappa shape index (κ1) is 18.7. The van der Waals surface area contributed by atoms with E-state index in [1.165, 1.54) is 22.9 Å². The van der Waals surface area contributed by atoms with Gasteiger partial charge in [0.15, 0.2) is 0 Å². The fourth-order valence-electron chi connectivity index (χ4n) is 2.93. The van der Waals surface area contributed by atoms with E-state index >= 15 is 0 Å². The van der Waals surface area contributed by atoms with Crippen LogP contribution < -0.4 is 5.56 Å². The van der Waals surface area contributed by atoms with Gasteiger partial charge in [-0.1, -0.05) is 36.4 Å². The third-order valence-electron chi connectivity index (χ3n) is 4.33. The third kappa shape index (κ3) is 3.70. The van der Waals surface area contributed by atoms with Crippen molar-refractivity contribution in [3.63, 3.8) is 0 Å². The molecule has 0 bridgehead atoms. The van der Waals surface area contributed by atoms with Gasteiger partial charge in [-0.2, -0.15) is 0 Å². The van der Waals surface area contributed by atoms with Crippen LogP contribution in [0.3, 0.4) is 0 Å². The summed E-state index contributed by atoms with van der Waals surface area (Å²) in [6, 6.07) is 14.6. The predicted octanol–water partition coefficient (Wildman–Crippen LogP) is 1.99. The first-order chi connectivity index (χ1) is 12.8. The van der Waals surface area contributed by atoms with Crippen molar-refractivity contribution in [2.45, 2.75) is 29.7 Å². The second kappa shape index (κ2) is 7.24. The maximum absolute atomic E-state index is 13.0. The van der Waals surface area contributed by atoms with Crippen LogP contribution in [0.1, 0.15) is 16.8 Å². The Morgan fingerprint density at radius 1 is 1.07 bits per heavy atom. The minimum absolute atomic E-state index is 0.0794. The van der Waals surface area contributed by atoms with Gasteiger partial charge in [0.2, 0.25) is 9.84 Å². The molecule has 7 nitrogen and oxygen atoms in total. The lowest BCUT2D eigenvalue weighted by atomic mass is 10.1. The van der Waals surface area contributed by atoms with Crippen LogP contribution in [0.5, 0.6) is 0 Å². The van der Waals surface area contributed by atoms with Gasteiger partial charge in [-0.25, -0.2) is 8.42 Å². The zero-order chi connectivity index (χ0) is 19.6. The number of nitrogens with zero attached hydrogens (tertiary/aromatic N) is 1. The Bertz CT molecular complexity index is 1140. The fraction of sp³-hybridized carbons (Fsp3) is 0.158. The standard InChI is InChI=1S/C19H18N2O5S/c1-13-16(19(24)20-21(13)12-18(22)23)11-14-7-5-6-10-17(14)27(25,26)15-8-3-2-4-9-15/h2-10H,11-12H2,1H3,(H,20,24)(H,22,23). The molecule has 0 atom stereocenters. The van der Waals surface area contributed by atoms with Crippen molar-refractivity contribution in [1.29, 1.82) is 0 Å². The predicted molar refractivity (Wildman–Crippen MR) is 98.6 cm³/mol. The summed E-state index contributed by atoms with van der Waals surface area (Å²) in [6.07, 6.45) is 0.0794. The van der Waals surface area contributed by atoms with Crippen LogP contribution in [-0.4, -0.2) is 29.3 Å². The van der Waals surface area contributed by atoms with Crippen LogP contribution in [0.15, 0.2) is 69.2 Å². The van der Waals surface area contributed by atoms with Crippen LogP contribution in [0, 0.1) is 6.92 Å². The van der Waals surface area contributed by atoms with Gasteiger partial charge in [-0.3, -0.25) is 19.4 Å². The summed E-state index contributed by atoms with van der Waals surface area (Å²) in [7, 11) is -3.74. The summed E-state index contributed by atoms with van der Waals surface area (Å²) in [5.74, 6) is -1.08. The monoisotopic (exact) mass is 386 g/mol. The highest BCUT2D eigenvalue weighted by Crippen LogP contribution is 2.25. The molecule has 0 aliphatic heterocycles. The van der Waals surface area contributed by atoms with Crippen LogP contribution in [0.4, 0.5) is 0 Å². The number of rotatable bonds is 6. The highest BCUT2D eigenvalue weighted by molar-refractivity contribution is 7.91. The molecule has 1 heterocycles. The average Bonchev–Trinajstić information content (AvgIpc) is 2.89. The number of H-pyrrole nitrogens is 1. The molecule has 3 rings (SSSR count). The summed E-state index contributed by atoms with van der Waals surface area (Å²) in [4.78, 5) is 23.5. The van der Waals surface area contributed by atoms with Gasteiger partial charge in [0.25, 0.3) is 5.56 Å². The van der Waals surface area contributed by atoms with Gasteiger partial charge in [0.1, 0.15) is 6.54 Å². The lowest BCUT2D eigenvalue weighted by Crippen LogP contribution is -2.13. The summed E-state index contributed by atoms with van der Waals surface area (Å²) in [5, 5.41) is 11.4. The van der Waals surface area contributed by atoms with E-state index in [2.05, 4.69) is 5.10 Å². The second-order valence-corrected chi connectivity index (χ2v) is 8.00. The van der Waals surface area contributed by atoms with E-state index in [-0.39, 0.29) is 22.8 Å². The highest BCUT2D eigenvalue weighted by Gasteiger charge is 2.22. The van der Waals surface area contributed by atoms with Crippen molar-refractivity contribution in [3.8, 4) is 0 Å². The number of benzene rings is 2. The van der Waals surface area contributed by atoms with E-state index < -0.39 is 21.4 Å². The Labute approximate surface area is 155 Å². The largest absolute Gasteiger partial charge is 0.480 e. The highest BCUT2D eigenvalue weighted by atomic mass is 32.2. The normalized spacial score (nSPS) is 11.4. The van der Waals surface area contributed by atoms with Gasteiger partial charge >= 0.3 is 5.97 Å². The first-order valence-corrected chi connectivity index (χ1v) is 9.67. The number of aromatic amines is 1. The van der Waals surface area contributed by atoms with E-state index in [1.54, 1.807) is 43.3 Å². The van der Waals surface area contributed by atoms with Crippen LogP contribution in [0.2, 0.25) is 0 Å². The Hall–Kier alpha value is -3.13. The Kier molecular flexibility index (Phi) is 5.00. The number of carboxylic acid groups (broad SMARTS) is 1. The molecule has 0 fully saturated rings. The SMILES string of the molecule is Cc1c(Cc2ccccc2S(=O)(=O)c2ccccc2)c(=O)[nH]n1CC(=O)O. The number of sulfone groups is 1. The number of hydrogen-bond acceptors (Lipinski definition) is 4. The molecular formula is C19H18N2O5S. The maximum atomic E-state index is 13.0. The minimum atomic E-state index is -3.74. The molecule has 1 aromatic heterocycles. The van der Waals surface area contributed by atoms with E-state index in [1.807, 2.05) is 0 Å². The van der Waals surface area contributed by atoms with Gasteiger partial charge < -0.3 is 5.11 Å². The molecule has 0 saturated carbocycles. The van der Waals surface area contributed by atoms with Gasteiger partial charge in [-0.05, 0) is 30.7 Å². The van der Waals surface area contributed by atoms with Gasteiger partial charge in [0, 0.05) is 17.7 Å². The summed E-state index contributed by atoms with van der Waals surface area (Å²) < 4.78 is 27.2. The molecule has 2 N–H and O–H groups in total. The van der Waals surface area contributed by atoms with Crippen molar-refractivity contribution >= 4 is 15.8 Å². The molecule has 0 amide bonds. The molecule has 8 heteroatoms. The topological polar surface area (TPSA) is 109 Å². The number of aromatic nitrogens is 2. The average molecular weight is 386 g/mol. The number of nitrogens with one attached hydrogen (secondary N) is 1. The number of aliphatic carboxylic acids is 1. The summed E-state index contributed by atoms with van der Waals surface area (Å²) in [6.45, 7) is 1.26. The molecule has 3 aromatic rings. The zero-order valence-corrected chi connectivity index (χ0v) is 15.4. The fourth-order valence-corrected chi connectivity index (χ4v) is 4.44. The number of carbonyl (C=O) groups is 1. The Balaban J connectivity index is 2.05. The number of hydrogen-bond donors (Lipinski definition) is 2. The second-order valence-electron chi connectivity index (χ2n) is 6.09. The van der Waals surface area contributed by atoms with Crippen LogP contribution in [-0.2, 0) is 27.6 Å². The first-order valence-electron chi connectivity index (χ1n) is 8.19. The molecule has 0 spiro atoms. The minimum Gasteiger partial charge on any atom is -0.480 e. The molecule has 0 aliphatic carbocycles. The molecule has 2 aromatic carbocycles. The number of carboxylic acids is 1. The lowest BCUT2D eigenvalue weighted by Gasteiger charge is -2.10. The Morgan fingerprint density at radius 2 is 1.70 bits per heavy atom.